The third kappa shape index (κ3) is 1.98. The maximum Gasteiger partial charge on any atom is 0.258 e. The van der Waals surface area contributed by atoms with E-state index in [1.165, 1.54) is 17.3 Å². The van der Waals surface area contributed by atoms with E-state index in [-0.39, 0.29) is 16.2 Å². The summed E-state index contributed by atoms with van der Waals surface area (Å²) in [6, 6.07) is 10.5. The molecule has 0 fully saturated rings. The van der Waals surface area contributed by atoms with Crippen molar-refractivity contribution in [3.05, 3.63) is 45.7 Å². The highest BCUT2D eigenvalue weighted by molar-refractivity contribution is 8.00. The van der Waals surface area contributed by atoms with Gasteiger partial charge in [-0.2, -0.15) is 5.26 Å². The molecule has 0 N–H and O–H groups in total. The van der Waals surface area contributed by atoms with Crippen LogP contribution >= 0.6 is 11.8 Å². The Balaban J connectivity index is 2.05. The molecule has 0 bridgehead atoms. The van der Waals surface area contributed by atoms with Gasteiger partial charge in [-0.05, 0) is 18.4 Å². The zero-order chi connectivity index (χ0) is 16.2. The highest BCUT2D eigenvalue weighted by Crippen LogP contribution is 2.43. The van der Waals surface area contributed by atoms with Gasteiger partial charge in [0.1, 0.15) is 5.25 Å². The summed E-state index contributed by atoms with van der Waals surface area (Å²) in [7, 11) is 0. The van der Waals surface area contributed by atoms with Crippen LogP contribution in [-0.4, -0.2) is 14.8 Å². The highest BCUT2D eigenvalue weighted by atomic mass is 32.2. The summed E-state index contributed by atoms with van der Waals surface area (Å²) < 4.78 is 1.69. The molecule has 0 amide bonds. The molecule has 2 atom stereocenters. The van der Waals surface area contributed by atoms with E-state index in [4.69, 9.17) is 4.98 Å². The number of thioether (sulfide) groups is 1. The van der Waals surface area contributed by atoms with Crippen molar-refractivity contribution >= 4 is 11.8 Å². The first-order chi connectivity index (χ1) is 11.1. The maximum atomic E-state index is 13.2. The van der Waals surface area contributed by atoms with E-state index in [0.29, 0.717) is 11.7 Å². The summed E-state index contributed by atoms with van der Waals surface area (Å²) in [6.07, 6.45) is 1.75. The normalized spacial score (nSPS) is 24.5. The van der Waals surface area contributed by atoms with Gasteiger partial charge in [0, 0.05) is 11.0 Å². The first kappa shape index (κ1) is 14.5. The van der Waals surface area contributed by atoms with Gasteiger partial charge in [0.15, 0.2) is 5.16 Å². The second kappa shape index (κ2) is 4.97. The molecular weight excluding hydrogens is 306 g/mol. The first-order valence-corrected chi connectivity index (χ1v) is 8.75. The minimum atomic E-state index is -0.220. The van der Waals surface area contributed by atoms with Crippen molar-refractivity contribution in [2.24, 2.45) is 0 Å². The predicted molar refractivity (Wildman–Crippen MR) is 90.5 cm³/mol. The van der Waals surface area contributed by atoms with Gasteiger partial charge in [-0.25, -0.2) is 4.98 Å². The zero-order valence-electron chi connectivity index (χ0n) is 13.2. The van der Waals surface area contributed by atoms with Gasteiger partial charge < -0.3 is 0 Å². The SMILES string of the molecule is CC[C@]1(C)Cc2ccccc2-c2nc3n(c(=O)c21)C[C@H](C#N)S3. The van der Waals surface area contributed by atoms with Crippen molar-refractivity contribution < 1.29 is 0 Å². The van der Waals surface area contributed by atoms with Crippen LogP contribution in [0.5, 0.6) is 0 Å². The largest absolute Gasteiger partial charge is 0.285 e. The van der Waals surface area contributed by atoms with Crippen LogP contribution in [0.4, 0.5) is 0 Å². The molecule has 1 aliphatic heterocycles. The number of nitrogens with zero attached hydrogens (tertiary/aromatic N) is 3. The molecule has 2 heterocycles. The number of benzene rings is 1. The lowest BCUT2D eigenvalue weighted by Crippen LogP contribution is -2.39. The van der Waals surface area contributed by atoms with Crippen LogP contribution < -0.4 is 5.56 Å². The van der Waals surface area contributed by atoms with Crippen molar-refractivity contribution in [2.75, 3.05) is 0 Å². The summed E-state index contributed by atoms with van der Waals surface area (Å²) in [5.41, 5.74) is 3.79. The number of aromatic nitrogens is 2. The molecule has 0 spiro atoms. The Bertz CT molecular complexity index is 911. The molecule has 23 heavy (non-hydrogen) atoms. The lowest BCUT2D eigenvalue weighted by Gasteiger charge is -2.35. The van der Waals surface area contributed by atoms with Gasteiger partial charge in [-0.3, -0.25) is 9.36 Å². The number of hydrogen-bond acceptors (Lipinski definition) is 4. The molecule has 0 saturated carbocycles. The molecule has 0 saturated heterocycles. The molecule has 0 radical (unpaired) electrons. The van der Waals surface area contributed by atoms with Crippen molar-refractivity contribution in [1.29, 1.82) is 5.26 Å². The van der Waals surface area contributed by atoms with E-state index in [1.807, 2.05) is 18.2 Å². The fourth-order valence-electron chi connectivity index (χ4n) is 3.64. The quantitative estimate of drug-likeness (QED) is 0.757. The Morgan fingerprint density at radius 2 is 2.26 bits per heavy atom. The Hall–Kier alpha value is -2.06. The molecule has 4 rings (SSSR count). The Kier molecular flexibility index (Phi) is 3.14. The fourth-order valence-corrected chi connectivity index (χ4v) is 4.60. The third-order valence-electron chi connectivity index (χ3n) is 5.11. The van der Waals surface area contributed by atoms with Crippen LogP contribution in [0.3, 0.4) is 0 Å². The summed E-state index contributed by atoms with van der Waals surface area (Å²) in [5, 5.41) is 9.64. The molecule has 1 aliphatic carbocycles. The molecule has 2 aliphatic rings. The summed E-state index contributed by atoms with van der Waals surface area (Å²) in [4.78, 5) is 18.0. The number of nitriles is 1. The standard InChI is InChI=1S/C18H17N3OS/c1-3-18(2)8-11-6-4-5-7-13(11)15-14(18)16(22)21-10-12(9-19)23-17(21)20-15/h4-7,12H,3,8,10H2,1-2H3/t12-,18+/m0/s1. The van der Waals surface area contributed by atoms with Gasteiger partial charge in [0.25, 0.3) is 5.56 Å². The average Bonchev–Trinajstić information content (AvgIpc) is 2.98. The molecule has 1 aromatic heterocycles. The first-order valence-electron chi connectivity index (χ1n) is 7.87. The number of fused-ring (bicyclic) bond motifs is 4. The molecule has 2 aromatic rings. The van der Waals surface area contributed by atoms with Crippen molar-refractivity contribution in [3.63, 3.8) is 0 Å². The predicted octanol–water partition coefficient (Wildman–Crippen LogP) is 3.13. The van der Waals surface area contributed by atoms with Crippen LogP contribution in [0.15, 0.2) is 34.2 Å². The third-order valence-corrected chi connectivity index (χ3v) is 6.17. The van der Waals surface area contributed by atoms with Gasteiger partial charge in [-0.1, -0.05) is 49.9 Å². The minimum Gasteiger partial charge on any atom is -0.285 e. The smallest absolute Gasteiger partial charge is 0.258 e. The van der Waals surface area contributed by atoms with Crippen LogP contribution in [0, 0.1) is 11.3 Å². The molecule has 0 unspecified atom stereocenters. The van der Waals surface area contributed by atoms with Crippen LogP contribution in [0.1, 0.15) is 31.4 Å². The van der Waals surface area contributed by atoms with Gasteiger partial charge in [-0.15, -0.1) is 0 Å². The number of rotatable bonds is 1. The van der Waals surface area contributed by atoms with Crippen molar-refractivity contribution in [2.45, 2.75) is 49.1 Å². The lowest BCUT2D eigenvalue weighted by atomic mass is 9.69. The van der Waals surface area contributed by atoms with Crippen LogP contribution in [0.25, 0.3) is 11.3 Å². The van der Waals surface area contributed by atoms with E-state index in [9.17, 15) is 10.1 Å². The van der Waals surface area contributed by atoms with E-state index in [1.54, 1.807) is 4.57 Å². The van der Waals surface area contributed by atoms with Crippen LogP contribution in [-0.2, 0) is 18.4 Å². The average molecular weight is 323 g/mol. The minimum absolute atomic E-state index is 0.0362. The second-order valence-corrected chi connectivity index (χ2v) is 7.69. The van der Waals surface area contributed by atoms with E-state index in [2.05, 4.69) is 26.0 Å². The Morgan fingerprint density at radius 3 is 3.00 bits per heavy atom. The number of hydrogen-bond donors (Lipinski definition) is 0. The summed E-state index contributed by atoms with van der Waals surface area (Å²) in [5.74, 6) is 0. The summed E-state index contributed by atoms with van der Waals surface area (Å²) >= 11 is 1.40. The monoisotopic (exact) mass is 323 g/mol. The van der Waals surface area contributed by atoms with Crippen LogP contribution in [0.2, 0.25) is 0 Å². The molecular formula is C18H17N3OS. The Morgan fingerprint density at radius 1 is 1.48 bits per heavy atom. The summed E-state index contributed by atoms with van der Waals surface area (Å²) in [6.45, 7) is 4.72. The van der Waals surface area contributed by atoms with E-state index in [0.717, 1.165) is 29.7 Å². The molecule has 1 aromatic carbocycles. The van der Waals surface area contributed by atoms with Crippen molar-refractivity contribution in [1.82, 2.24) is 9.55 Å². The highest BCUT2D eigenvalue weighted by Gasteiger charge is 2.39. The van der Waals surface area contributed by atoms with Gasteiger partial charge in [0.2, 0.25) is 0 Å². The van der Waals surface area contributed by atoms with E-state index >= 15 is 0 Å². The van der Waals surface area contributed by atoms with Crippen molar-refractivity contribution in [3.8, 4) is 17.3 Å². The van der Waals surface area contributed by atoms with Gasteiger partial charge >= 0.3 is 0 Å². The molecule has 4 nitrogen and oxygen atoms in total. The second-order valence-electron chi connectivity index (χ2n) is 6.52. The van der Waals surface area contributed by atoms with E-state index < -0.39 is 0 Å². The topological polar surface area (TPSA) is 58.7 Å². The Labute approximate surface area is 139 Å². The zero-order valence-corrected chi connectivity index (χ0v) is 14.0. The maximum absolute atomic E-state index is 13.2. The lowest BCUT2D eigenvalue weighted by molar-refractivity contribution is 0.430. The molecule has 116 valence electrons. The fraction of sp³-hybridized carbons (Fsp3) is 0.389. The van der Waals surface area contributed by atoms with Gasteiger partial charge in [0.05, 0.1) is 23.9 Å². The molecule has 5 heteroatoms.